The second-order valence-electron chi connectivity index (χ2n) is 6.09. The predicted octanol–water partition coefficient (Wildman–Crippen LogP) is 2.67. The van der Waals surface area contributed by atoms with Gasteiger partial charge in [-0.3, -0.25) is 0 Å². The Morgan fingerprint density at radius 1 is 1.04 bits per heavy atom. The summed E-state index contributed by atoms with van der Waals surface area (Å²) >= 11 is 0. The number of rotatable bonds is 5. The van der Waals surface area contributed by atoms with E-state index in [2.05, 4.69) is 4.72 Å². The van der Waals surface area contributed by atoms with Gasteiger partial charge in [0.25, 0.3) is 0 Å². The lowest BCUT2D eigenvalue weighted by atomic mass is 9.85. The van der Waals surface area contributed by atoms with Gasteiger partial charge in [0.2, 0.25) is 16.8 Å². The van der Waals surface area contributed by atoms with Crippen LogP contribution < -0.4 is 14.2 Å². The highest BCUT2D eigenvalue weighted by atomic mass is 32.2. The van der Waals surface area contributed by atoms with Gasteiger partial charge in [0, 0.05) is 18.0 Å². The highest BCUT2D eigenvalue weighted by Gasteiger charge is 2.25. The molecule has 122 valence electrons. The second-order valence-corrected chi connectivity index (χ2v) is 7.86. The fourth-order valence-corrected chi connectivity index (χ4v) is 3.62. The standard InChI is InChI=1S/C17H19NO4S/c1-17(2,13-6-4-3-5-7-13)11-18-23(19,20)14-8-9-15-16(10-14)22-12-21-15/h3-10,18H,11-12H2,1-2H3. The monoisotopic (exact) mass is 333 g/mol. The Labute approximate surface area is 136 Å². The summed E-state index contributed by atoms with van der Waals surface area (Å²) in [5, 5.41) is 0. The second kappa shape index (κ2) is 5.86. The molecule has 0 fully saturated rings. The molecule has 0 unspecified atom stereocenters. The smallest absolute Gasteiger partial charge is 0.240 e. The first-order valence-corrected chi connectivity index (χ1v) is 8.82. The molecule has 2 aromatic rings. The van der Waals surface area contributed by atoms with Crippen molar-refractivity contribution in [2.75, 3.05) is 13.3 Å². The predicted molar refractivity (Wildman–Crippen MR) is 87.2 cm³/mol. The van der Waals surface area contributed by atoms with E-state index in [9.17, 15) is 8.42 Å². The van der Waals surface area contributed by atoms with E-state index in [1.165, 1.54) is 12.1 Å². The first-order chi connectivity index (χ1) is 10.9. The lowest BCUT2D eigenvalue weighted by Crippen LogP contribution is -2.36. The molecule has 0 bridgehead atoms. The van der Waals surface area contributed by atoms with Gasteiger partial charge in [-0.2, -0.15) is 0 Å². The molecule has 0 aromatic heterocycles. The van der Waals surface area contributed by atoms with Crippen LogP contribution in [0.2, 0.25) is 0 Å². The topological polar surface area (TPSA) is 64.6 Å². The van der Waals surface area contributed by atoms with E-state index in [-0.39, 0.29) is 17.1 Å². The third-order valence-corrected chi connectivity index (χ3v) is 5.31. The summed E-state index contributed by atoms with van der Waals surface area (Å²) in [5.41, 5.74) is 0.762. The molecule has 5 nitrogen and oxygen atoms in total. The lowest BCUT2D eigenvalue weighted by molar-refractivity contribution is 0.174. The van der Waals surface area contributed by atoms with Crippen LogP contribution in [0.5, 0.6) is 11.5 Å². The van der Waals surface area contributed by atoms with E-state index in [4.69, 9.17) is 9.47 Å². The molecule has 1 aliphatic heterocycles. The van der Waals surface area contributed by atoms with Crippen molar-refractivity contribution in [3.8, 4) is 11.5 Å². The number of benzene rings is 2. The molecule has 6 heteroatoms. The van der Waals surface area contributed by atoms with Crippen LogP contribution in [0, 0.1) is 0 Å². The summed E-state index contributed by atoms with van der Waals surface area (Å²) in [5.74, 6) is 1.02. The zero-order valence-electron chi connectivity index (χ0n) is 13.1. The van der Waals surface area contributed by atoms with Gasteiger partial charge in [0.1, 0.15) is 0 Å². The third-order valence-electron chi connectivity index (χ3n) is 3.91. The quantitative estimate of drug-likeness (QED) is 0.914. The van der Waals surface area contributed by atoms with Crippen molar-refractivity contribution in [1.29, 1.82) is 0 Å². The Morgan fingerprint density at radius 2 is 1.74 bits per heavy atom. The van der Waals surface area contributed by atoms with Crippen molar-refractivity contribution in [2.24, 2.45) is 0 Å². The minimum Gasteiger partial charge on any atom is -0.454 e. The van der Waals surface area contributed by atoms with Crippen molar-refractivity contribution < 1.29 is 17.9 Å². The van der Waals surface area contributed by atoms with Gasteiger partial charge in [-0.05, 0) is 17.7 Å². The Morgan fingerprint density at radius 3 is 2.48 bits per heavy atom. The zero-order valence-corrected chi connectivity index (χ0v) is 13.9. The summed E-state index contributed by atoms with van der Waals surface area (Å²) in [4.78, 5) is 0.172. The van der Waals surface area contributed by atoms with Gasteiger partial charge in [-0.1, -0.05) is 44.2 Å². The highest BCUT2D eigenvalue weighted by molar-refractivity contribution is 7.89. The van der Waals surface area contributed by atoms with Gasteiger partial charge >= 0.3 is 0 Å². The molecule has 0 saturated carbocycles. The molecule has 1 aliphatic rings. The Hall–Kier alpha value is -2.05. The van der Waals surface area contributed by atoms with Crippen LogP contribution in [0.25, 0.3) is 0 Å². The van der Waals surface area contributed by atoms with Gasteiger partial charge in [-0.25, -0.2) is 13.1 Å². The van der Waals surface area contributed by atoms with Crippen LogP contribution in [0.4, 0.5) is 0 Å². The summed E-state index contributed by atoms with van der Waals surface area (Å²) < 4.78 is 38.1. The Balaban J connectivity index is 1.77. The molecule has 2 aromatic carbocycles. The van der Waals surface area contributed by atoms with E-state index in [0.717, 1.165) is 5.56 Å². The summed E-state index contributed by atoms with van der Waals surface area (Å²) in [6.07, 6.45) is 0. The maximum absolute atomic E-state index is 12.5. The van der Waals surface area contributed by atoms with E-state index in [1.807, 2.05) is 44.2 Å². The molecule has 3 rings (SSSR count). The number of ether oxygens (including phenoxy) is 2. The molecule has 0 spiro atoms. The first kappa shape index (κ1) is 15.8. The summed E-state index contributed by atoms with van der Waals surface area (Å²) in [6, 6.07) is 14.4. The molecule has 0 amide bonds. The molecule has 1 N–H and O–H groups in total. The van der Waals surface area contributed by atoms with Crippen LogP contribution in [0.1, 0.15) is 19.4 Å². The number of hydrogen-bond donors (Lipinski definition) is 1. The minimum absolute atomic E-state index is 0.118. The van der Waals surface area contributed by atoms with Gasteiger partial charge in [-0.15, -0.1) is 0 Å². The van der Waals surface area contributed by atoms with Crippen LogP contribution >= 0.6 is 0 Å². The Kier molecular flexibility index (Phi) is 4.04. The largest absolute Gasteiger partial charge is 0.454 e. The first-order valence-electron chi connectivity index (χ1n) is 7.33. The SMILES string of the molecule is CC(C)(CNS(=O)(=O)c1ccc2c(c1)OCO2)c1ccccc1. The van der Waals surface area contributed by atoms with Crippen molar-refractivity contribution >= 4 is 10.0 Å². The Bertz CT molecular complexity index is 801. The normalized spacial score (nSPS) is 14.0. The summed E-state index contributed by atoms with van der Waals surface area (Å²) in [7, 11) is -3.61. The minimum atomic E-state index is -3.61. The van der Waals surface area contributed by atoms with E-state index < -0.39 is 10.0 Å². The van der Waals surface area contributed by atoms with Gasteiger partial charge in [0.15, 0.2) is 11.5 Å². The number of sulfonamides is 1. The lowest BCUT2D eigenvalue weighted by Gasteiger charge is -2.25. The molecule has 0 atom stereocenters. The van der Waals surface area contributed by atoms with Gasteiger partial charge in [0.05, 0.1) is 4.90 Å². The van der Waals surface area contributed by atoms with Crippen molar-refractivity contribution in [3.63, 3.8) is 0 Å². The summed E-state index contributed by atoms with van der Waals surface area (Å²) in [6.45, 7) is 4.43. The molecule has 1 heterocycles. The van der Waals surface area contributed by atoms with Crippen molar-refractivity contribution in [1.82, 2.24) is 4.72 Å². The molecular weight excluding hydrogens is 314 g/mol. The number of hydrogen-bond acceptors (Lipinski definition) is 4. The third kappa shape index (κ3) is 3.33. The van der Waals surface area contributed by atoms with E-state index >= 15 is 0 Å². The van der Waals surface area contributed by atoms with Crippen molar-refractivity contribution in [2.45, 2.75) is 24.2 Å². The van der Waals surface area contributed by atoms with E-state index in [1.54, 1.807) is 6.07 Å². The van der Waals surface area contributed by atoms with Crippen LogP contribution in [0.3, 0.4) is 0 Å². The fourth-order valence-electron chi connectivity index (χ4n) is 2.39. The number of fused-ring (bicyclic) bond motifs is 1. The maximum Gasteiger partial charge on any atom is 0.240 e. The maximum atomic E-state index is 12.5. The van der Waals surface area contributed by atoms with Crippen molar-refractivity contribution in [3.05, 3.63) is 54.1 Å². The zero-order chi connectivity index (χ0) is 16.5. The van der Waals surface area contributed by atoms with E-state index in [0.29, 0.717) is 18.0 Å². The van der Waals surface area contributed by atoms with Crippen LogP contribution in [-0.4, -0.2) is 21.8 Å². The molecule has 0 radical (unpaired) electrons. The highest BCUT2D eigenvalue weighted by Crippen LogP contribution is 2.34. The molecular formula is C17H19NO4S. The average molecular weight is 333 g/mol. The van der Waals surface area contributed by atoms with Crippen LogP contribution in [0.15, 0.2) is 53.4 Å². The van der Waals surface area contributed by atoms with Crippen LogP contribution in [-0.2, 0) is 15.4 Å². The molecule has 0 aliphatic carbocycles. The number of nitrogens with one attached hydrogen (secondary N) is 1. The molecule has 23 heavy (non-hydrogen) atoms. The molecule has 0 saturated heterocycles. The van der Waals surface area contributed by atoms with Gasteiger partial charge < -0.3 is 9.47 Å². The average Bonchev–Trinajstić information content (AvgIpc) is 3.02. The fraction of sp³-hybridized carbons (Fsp3) is 0.294.